The molecule has 5 aromatic rings. The van der Waals surface area contributed by atoms with Gasteiger partial charge in [-0.05, 0) is 116 Å². The van der Waals surface area contributed by atoms with E-state index < -0.39 is 59.1 Å². The summed E-state index contributed by atoms with van der Waals surface area (Å²) in [7, 11) is 0. The van der Waals surface area contributed by atoms with Crippen molar-refractivity contribution in [1.29, 1.82) is 0 Å². The fourth-order valence-corrected chi connectivity index (χ4v) is 9.52. The van der Waals surface area contributed by atoms with Crippen LogP contribution in [0.15, 0.2) is 70.7 Å². The number of unbranched alkanes of at least 4 members (excludes halogenated alkanes) is 4. The molecule has 0 unspecified atom stereocenters. The number of likely N-dealkylation sites (tertiary alicyclic amines) is 1. The molecule has 15 nitrogen and oxygen atoms in total. The molecule has 70 heavy (non-hydrogen) atoms. The third kappa shape index (κ3) is 14.8. The Kier molecular flexibility index (Phi) is 20.1. The summed E-state index contributed by atoms with van der Waals surface area (Å²) in [5, 5.41) is 26.6. The summed E-state index contributed by atoms with van der Waals surface area (Å²) in [5.41, 5.74) is 6.36. The third-order valence-corrected chi connectivity index (χ3v) is 13.6. The van der Waals surface area contributed by atoms with Crippen LogP contribution < -0.4 is 26.7 Å². The molecular weight excluding hydrogens is 1040 g/mol. The Hall–Kier alpha value is -5.42. The van der Waals surface area contributed by atoms with Gasteiger partial charge in [0.05, 0.1) is 63.9 Å². The summed E-state index contributed by atoms with van der Waals surface area (Å²) in [4.78, 5) is 66.4. The normalized spacial score (nSPS) is 15.5. The van der Waals surface area contributed by atoms with Crippen molar-refractivity contribution >= 4 is 68.9 Å². The standard InChI is InChI=1S/C50H60F3IN8O7S/c1-29(2)44(42-23-30(3)60-69-42)50(67)62-27-35(63)25-41(62)49(66)59-40(32-11-13-33(14-12-32)47-31(4)57-28-70-47)26-43(64)56-21-9-7-5-6-8-19-55-20-10-22-68-61-48(65)36-16-17-37(51)45(53)46(36)58-39-18-15-34(54)24-38(39)52/h11-18,23-24,28-29,35,40-41,44,55,58,63H,5-10,19-22,25-27H2,1-4H3,(H,56,64)(H,59,66)(H,61,65)/t35-,40+,41+,44-/m1/s1. The van der Waals surface area contributed by atoms with Gasteiger partial charge in [-0.1, -0.05) is 62.5 Å². The monoisotopic (exact) mass is 1100 g/mol. The smallest absolute Gasteiger partial charge is 0.277 e. The fourth-order valence-electron chi connectivity index (χ4n) is 8.26. The number of carbonyl (C=O) groups excluding carboxylic acids is 4. The highest BCUT2D eigenvalue weighted by molar-refractivity contribution is 14.1. The Morgan fingerprint density at radius 3 is 2.34 bits per heavy atom. The maximum absolute atomic E-state index is 14.7. The molecule has 1 fully saturated rings. The summed E-state index contributed by atoms with van der Waals surface area (Å²) in [6.45, 7) is 9.49. The molecule has 0 radical (unpaired) electrons. The number of thiazole rings is 1. The van der Waals surface area contributed by atoms with Gasteiger partial charge in [0.25, 0.3) is 5.91 Å². The van der Waals surface area contributed by atoms with Crippen molar-refractivity contribution in [2.75, 3.05) is 38.1 Å². The summed E-state index contributed by atoms with van der Waals surface area (Å²) in [5.74, 6) is -5.53. The number of rotatable bonds is 25. The van der Waals surface area contributed by atoms with E-state index in [1.165, 1.54) is 28.4 Å². The Morgan fingerprint density at radius 1 is 0.929 bits per heavy atom. The number of aryl methyl sites for hydroxylation is 2. The zero-order valence-corrected chi connectivity index (χ0v) is 42.6. The number of aromatic nitrogens is 2. The van der Waals surface area contributed by atoms with Gasteiger partial charge in [0, 0.05) is 29.1 Å². The average Bonchev–Trinajstić information content (AvgIpc) is 4.07. The molecule has 1 aliphatic heterocycles. The van der Waals surface area contributed by atoms with Crippen LogP contribution in [0.2, 0.25) is 0 Å². The van der Waals surface area contributed by atoms with Crippen molar-refractivity contribution in [3.8, 4) is 10.4 Å². The lowest BCUT2D eigenvalue weighted by molar-refractivity contribution is -0.141. The first kappa shape index (κ1) is 53.9. The molecule has 6 rings (SSSR count). The van der Waals surface area contributed by atoms with Crippen LogP contribution in [0, 0.1) is 40.8 Å². The molecule has 3 aromatic carbocycles. The average molecular weight is 1100 g/mol. The molecular formula is C50H60F3IN8O7S. The number of carbonyl (C=O) groups is 4. The molecule has 20 heteroatoms. The summed E-state index contributed by atoms with van der Waals surface area (Å²) in [6, 6.07) is 13.8. The predicted octanol–water partition coefficient (Wildman–Crippen LogP) is 8.54. The van der Waals surface area contributed by atoms with Crippen molar-refractivity contribution < 1.29 is 46.8 Å². The van der Waals surface area contributed by atoms with E-state index in [-0.39, 0.29) is 55.0 Å². The van der Waals surface area contributed by atoms with Crippen LogP contribution in [0.5, 0.6) is 0 Å². The van der Waals surface area contributed by atoms with Gasteiger partial charge in [-0.2, -0.15) is 0 Å². The number of amides is 4. The van der Waals surface area contributed by atoms with Crippen LogP contribution >= 0.6 is 33.9 Å². The van der Waals surface area contributed by atoms with Crippen LogP contribution in [-0.2, 0) is 19.2 Å². The molecule has 0 aliphatic carbocycles. The van der Waals surface area contributed by atoms with Crippen molar-refractivity contribution in [2.24, 2.45) is 5.92 Å². The van der Waals surface area contributed by atoms with Gasteiger partial charge < -0.3 is 35.8 Å². The lowest BCUT2D eigenvalue weighted by Crippen LogP contribution is -2.49. The lowest BCUT2D eigenvalue weighted by atomic mass is 9.91. The molecule has 376 valence electrons. The number of aliphatic hydroxyl groups is 1. The highest BCUT2D eigenvalue weighted by Gasteiger charge is 2.43. The van der Waals surface area contributed by atoms with Crippen LogP contribution in [0.3, 0.4) is 0 Å². The topological polar surface area (TPSA) is 200 Å². The number of hydrogen-bond donors (Lipinski definition) is 6. The van der Waals surface area contributed by atoms with Crippen LogP contribution in [0.1, 0.15) is 110 Å². The zero-order valence-electron chi connectivity index (χ0n) is 39.6. The first-order valence-corrected chi connectivity index (χ1v) is 25.4. The Morgan fingerprint density at radius 2 is 1.66 bits per heavy atom. The summed E-state index contributed by atoms with van der Waals surface area (Å²) < 4.78 is 49.3. The number of β-amino-alcohol motifs (C(OH)–C–C–N with tert-alkyl or cyclic N) is 1. The maximum atomic E-state index is 14.7. The molecule has 6 N–H and O–H groups in total. The van der Waals surface area contributed by atoms with E-state index in [9.17, 15) is 37.5 Å². The molecule has 0 spiro atoms. The predicted molar refractivity (Wildman–Crippen MR) is 268 cm³/mol. The minimum Gasteiger partial charge on any atom is -0.391 e. The van der Waals surface area contributed by atoms with Gasteiger partial charge in [-0.15, -0.1) is 11.3 Å². The minimum absolute atomic E-state index is 0.00904. The van der Waals surface area contributed by atoms with Gasteiger partial charge in [0.15, 0.2) is 11.6 Å². The molecule has 0 bridgehead atoms. The molecule has 1 aliphatic rings. The number of aliphatic hydroxyl groups excluding tert-OH is 1. The Labute approximate surface area is 423 Å². The number of anilines is 2. The van der Waals surface area contributed by atoms with E-state index >= 15 is 0 Å². The Balaban J connectivity index is 0.903. The maximum Gasteiger partial charge on any atom is 0.277 e. The van der Waals surface area contributed by atoms with Crippen LogP contribution in [-0.4, -0.2) is 88.7 Å². The fraction of sp³-hybridized carbons (Fsp3) is 0.440. The van der Waals surface area contributed by atoms with Gasteiger partial charge in [0.2, 0.25) is 17.7 Å². The molecule has 4 amide bonds. The quantitative estimate of drug-likeness (QED) is 0.0186. The van der Waals surface area contributed by atoms with Gasteiger partial charge >= 0.3 is 0 Å². The van der Waals surface area contributed by atoms with Crippen LogP contribution in [0.25, 0.3) is 10.4 Å². The van der Waals surface area contributed by atoms with Gasteiger partial charge in [0.1, 0.15) is 23.5 Å². The second-order valence-electron chi connectivity index (χ2n) is 17.7. The van der Waals surface area contributed by atoms with Crippen molar-refractivity contribution in [3.63, 3.8) is 0 Å². The minimum atomic E-state index is -1.32. The first-order chi connectivity index (χ1) is 33.6. The number of benzene rings is 3. The van der Waals surface area contributed by atoms with E-state index in [2.05, 4.69) is 36.9 Å². The number of hydroxylamine groups is 1. The van der Waals surface area contributed by atoms with E-state index in [0.717, 1.165) is 72.5 Å². The van der Waals surface area contributed by atoms with Crippen molar-refractivity contribution in [2.45, 2.75) is 103 Å². The Bertz CT molecular complexity index is 2560. The highest BCUT2D eigenvalue weighted by Crippen LogP contribution is 2.33. The van der Waals surface area contributed by atoms with Crippen molar-refractivity contribution in [3.05, 3.63) is 115 Å². The van der Waals surface area contributed by atoms with E-state index in [1.54, 1.807) is 24.6 Å². The van der Waals surface area contributed by atoms with E-state index in [4.69, 9.17) is 9.36 Å². The van der Waals surface area contributed by atoms with Crippen molar-refractivity contribution in [1.82, 2.24) is 36.5 Å². The first-order valence-electron chi connectivity index (χ1n) is 23.4. The summed E-state index contributed by atoms with van der Waals surface area (Å²) in [6.07, 6.45) is 4.22. The van der Waals surface area contributed by atoms with Gasteiger partial charge in [-0.3, -0.25) is 24.0 Å². The SMILES string of the molecule is Cc1cc([C@H](C(=O)N2C[C@H](O)C[C@H]2C(=O)N[C@@H](CC(=O)NCCCCCCCNCCCONC(=O)c2ccc(F)c(F)c2Nc2ccc(I)cc2F)c2ccc(-c3scnc3C)cc2)C(C)C)on1. The second kappa shape index (κ2) is 26.1. The van der Waals surface area contributed by atoms with E-state index in [0.29, 0.717) is 34.5 Å². The van der Waals surface area contributed by atoms with E-state index in [1.807, 2.05) is 67.6 Å². The molecule has 1 saturated heterocycles. The number of hydrogen-bond acceptors (Lipinski definition) is 12. The summed E-state index contributed by atoms with van der Waals surface area (Å²) >= 11 is 3.45. The molecule has 4 atom stereocenters. The highest BCUT2D eigenvalue weighted by atomic mass is 127. The largest absolute Gasteiger partial charge is 0.391 e. The lowest BCUT2D eigenvalue weighted by Gasteiger charge is -2.30. The van der Waals surface area contributed by atoms with Gasteiger partial charge in [-0.25, -0.2) is 23.6 Å². The molecule has 2 aromatic heterocycles. The number of nitrogens with zero attached hydrogens (tertiary/aromatic N) is 3. The molecule has 0 saturated carbocycles. The molecule has 3 heterocycles. The van der Waals surface area contributed by atoms with Crippen LogP contribution in [0.4, 0.5) is 24.5 Å². The number of halogens is 4. The number of nitrogens with one attached hydrogen (secondary N) is 5. The zero-order chi connectivity index (χ0) is 50.3. The second-order valence-corrected chi connectivity index (χ2v) is 19.8. The third-order valence-electron chi connectivity index (χ3n) is 11.9.